The smallest absolute Gasteiger partial charge is 0.179 e. The maximum atomic E-state index is 13.5. The number of carbonyl (C=O) groups is 1. The lowest BCUT2D eigenvalue weighted by Crippen LogP contribution is -2.35. The Bertz CT molecular complexity index is 201. The van der Waals surface area contributed by atoms with E-state index in [1.165, 1.54) is 12.8 Å². The van der Waals surface area contributed by atoms with Gasteiger partial charge in [-0.3, -0.25) is 4.79 Å². The molecule has 1 spiro atoms. The van der Waals surface area contributed by atoms with Crippen molar-refractivity contribution in [1.82, 2.24) is 5.32 Å². The molecule has 0 amide bonds. The predicted octanol–water partition coefficient (Wildman–Crippen LogP) is 1.20. The fourth-order valence-corrected chi connectivity index (χ4v) is 2.51. The van der Waals surface area contributed by atoms with E-state index in [9.17, 15) is 9.18 Å². The molecule has 0 unspecified atom stereocenters. The molecule has 2 aliphatic rings. The van der Waals surface area contributed by atoms with Crippen molar-refractivity contribution in [1.29, 1.82) is 0 Å². The van der Waals surface area contributed by atoms with Gasteiger partial charge in [0, 0.05) is 18.5 Å². The lowest BCUT2D eigenvalue weighted by Gasteiger charge is -2.22. The summed E-state index contributed by atoms with van der Waals surface area (Å²) >= 11 is 0. The first-order chi connectivity index (χ1) is 5.68. The van der Waals surface area contributed by atoms with Crippen LogP contribution in [0.2, 0.25) is 0 Å². The molecule has 0 aromatic carbocycles. The van der Waals surface area contributed by atoms with E-state index in [4.69, 9.17) is 0 Å². The normalized spacial score (nSPS) is 39.1. The van der Waals surface area contributed by atoms with Crippen LogP contribution < -0.4 is 5.32 Å². The third-order valence-corrected chi connectivity index (χ3v) is 3.16. The fraction of sp³-hybridized carbons (Fsp3) is 0.889. The van der Waals surface area contributed by atoms with Crippen LogP contribution in [0.5, 0.6) is 0 Å². The number of halogens is 1. The second-order valence-electron chi connectivity index (χ2n) is 4.17. The van der Waals surface area contributed by atoms with Crippen molar-refractivity contribution in [3.63, 3.8) is 0 Å². The molecule has 1 N–H and O–H groups in total. The van der Waals surface area contributed by atoms with Gasteiger partial charge in [-0.05, 0) is 12.8 Å². The zero-order valence-electron chi connectivity index (χ0n) is 7.11. The summed E-state index contributed by atoms with van der Waals surface area (Å²) in [5.41, 5.74) is -1.61. The Balaban J connectivity index is 2.10. The Kier molecular flexibility index (Phi) is 1.72. The van der Waals surface area contributed by atoms with Gasteiger partial charge in [-0.25, -0.2) is 4.39 Å². The summed E-state index contributed by atoms with van der Waals surface area (Å²) in [7, 11) is 0. The van der Waals surface area contributed by atoms with E-state index in [2.05, 4.69) is 5.32 Å². The molecule has 12 heavy (non-hydrogen) atoms. The van der Waals surface area contributed by atoms with Gasteiger partial charge in [0.05, 0.1) is 0 Å². The topological polar surface area (TPSA) is 29.1 Å². The molecule has 1 saturated carbocycles. The van der Waals surface area contributed by atoms with Gasteiger partial charge < -0.3 is 5.32 Å². The second-order valence-corrected chi connectivity index (χ2v) is 4.17. The minimum atomic E-state index is -1.58. The molecule has 3 heteroatoms. The predicted molar refractivity (Wildman–Crippen MR) is 43.7 cm³/mol. The van der Waals surface area contributed by atoms with Crippen molar-refractivity contribution in [2.45, 2.75) is 43.3 Å². The number of alkyl halides is 1. The van der Waals surface area contributed by atoms with E-state index >= 15 is 0 Å². The molecule has 2 fully saturated rings. The Hall–Kier alpha value is -0.440. The van der Waals surface area contributed by atoms with Crippen LogP contribution in [0, 0.1) is 0 Å². The van der Waals surface area contributed by atoms with Gasteiger partial charge in [0.25, 0.3) is 0 Å². The van der Waals surface area contributed by atoms with Crippen molar-refractivity contribution in [2.24, 2.45) is 0 Å². The quantitative estimate of drug-likeness (QED) is 0.601. The molecule has 1 saturated heterocycles. The van der Waals surface area contributed by atoms with Gasteiger partial charge in [0.2, 0.25) is 0 Å². The van der Waals surface area contributed by atoms with Gasteiger partial charge in [0.1, 0.15) is 0 Å². The Morgan fingerprint density at radius 2 is 2.00 bits per heavy atom. The molecule has 0 bridgehead atoms. The monoisotopic (exact) mass is 171 g/mol. The van der Waals surface area contributed by atoms with E-state index < -0.39 is 5.67 Å². The molecule has 0 aromatic heterocycles. The van der Waals surface area contributed by atoms with Gasteiger partial charge in [-0.15, -0.1) is 0 Å². The van der Waals surface area contributed by atoms with E-state index in [0.717, 1.165) is 12.8 Å². The summed E-state index contributed by atoms with van der Waals surface area (Å²) < 4.78 is 13.5. The van der Waals surface area contributed by atoms with Crippen LogP contribution in [0.25, 0.3) is 0 Å². The Morgan fingerprint density at radius 3 is 2.50 bits per heavy atom. The van der Waals surface area contributed by atoms with Gasteiger partial charge in [0.15, 0.2) is 12.0 Å². The molecule has 0 aromatic rings. The van der Waals surface area contributed by atoms with Gasteiger partial charge in [-0.2, -0.15) is 0 Å². The summed E-state index contributed by atoms with van der Waals surface area (Å²) in [6.07, 6.45) is 5.26. The molecule has 1 aliphatic carbocycles. The molecular weight excluding hydrogens is 157 g/mol. The van der Waals surface area contributed by atoms with Crippen LogP contribution in [0.3, 0.4) is 0 Å². The maximum Gasteiger partial charge on any atom is 0.179 e. The highest BCUT2D eigenvalue weighted by molar-refractivity contribution is 5.64. The van der Waals surface area contributed by atoms with Crippen molar-refractivity contribution in [2.75, 3.05) is 6.54 Å². The largest absolute Gasteiger partial charge is 0.307 e. The first kappa shape index (κ1) is 8.17. The Morgan fingerprint density at radius 1 is 1.33 bits per heavy atom. The van der Waals surface area contributed by atoms with Crippen LogP contribution in [0.15, 0.2) is 0 Å². The first-order valence-corrected chi connectivity index (χ1v) is 4.58. The highest BCUT2D eigenvalue weighted by Gasteiger charge is 2.49. The molecule has 68 valence electrons. The minimum Gasteiger partial charge on any atom is -0.307 e. The summed E-state index contributed by atoms with van der Waals surface area (Å²) in [6, 6.07) is 0. The highest BCUT2D eigenvalue weighted by atomic mass is 19.1. The fourth-order valence-electron chi connectivity index (χ4n) is 2.51. The van der Waals surface area contributed by atoms with Crippen molar-refractivity contribution in [3.05, 3.63) is 0 Å². The molecule has 1 atom stereocenters. The zero-order valence-corrected chi connectivity index (χ0v) is 7.11. The lowest BCUT2D eigenvalue weighted by molar-refractivity contribution is -0.117. The van der Waals surface area contributed by atoms with Crippen LogP contribution in [-0.4, -0.2) is 24.0 Å². The average Bonchev–Trinajstić information content (AvgIpc) is 2.63. The zero-order chi connectivity index (χ0) is 8.66. The van der Waals surface area contributed by atoms with Crippen LogP contribution in [-0.2, 0) is 4.79 Å². The lowest BCUT2D eigenvalue weighted by atomic mass is 9.90. The average molecular weight is 171 g/mol. The third-order valence-electron chi connectivity index (χ3n) is 3.16. The first-order valence-electron chi connectivity index (χ1n) is 4.58. The summed E-state index contributed by atoms with van der Waals surface area (Å²) in [6.45, 7) is 0.219. The number of rotatable bonds is 1. The van der Waals surface area contributed by atoms with E-state index in [1.54, 1.807) is 0 Å². The summed E-state index contributed by atoms with van der Waals surface area (Å²) in [5.74, 6) is 0. The van der Waals surface area contributed by atoms with Crippen LogP contribution in [0.1, 0.15) is 32.1 Å². The summed E-state index contributed by atoms with van der Waals surface area (Å²) in [4.78, 5) is 10.5. The van der Waals surface area contributed by atoms with Crippen molar-refractivity contribution >= 4 is 6.29 Å². The van der Waals surface area contributed by atoms with Crippen LogP contribution >= 0.6 is 0 Å². The standard InChI is InChI=1S/C9H14FNO/c10-8(7-12)5-9(11-6-8)3-1-2-4-9/h7,11H,1-6H2/t8-/m1/s1. The van der Waals surface area contributed by atoms with Gasteiger partial charge in [-0.1, -0.05) is 12.8 Å². The van der Waals surface area contributed by atoms with Gasteiger partial charge >= 0.3 is 0 Å². The molecule has 1 aliphatic heterocycles. The SMILES string of the molecule is O=C[C@]1(F)CNC2(CCCC2)C1. The minimum absolute atomic E-state index is 0.0321. The van der Waals surface area contributed by atoms with E-state index in [1.807, 2.05) is 0 Å². The Labute approximate surface area is 71.5 Å². The molecular formula is C9H14FNO. The highest BCUT2D eigenvalue weighted by Crippen LogP contribution is 2.41. The number of aldehydes is 1. The number of hydrogen-bond acceptors (Lipinski definition) is 2. The van der Waals surface area contributed by atoms with Crippen LogP contribution in [0.4, 0.5) is 4.39 Å². The van der Waals surface area contributed by atoms with E-state index in [0.29, 0.717) is 12.7 Å². The summed E-state index contributed by atoms with van der Waals surface area (Å²) in [5, 5.41) is 3.17. The number of hydrogen-bond donors (Lipinski definition) is 1. The molecule has 0 radical (unpaired) electrons. The number of carbonyl (C=O) groups excluding carboxylic acids is 1. The molecule has 2 nitrogen and oxygen atoms in total. The molecule has 2 rings (SSSR count). The van der Waals surface area contributed by atoms with E-state index in [-0.39, 0.29) is 12.1 Å². The second kappa shape index (κ2) is 2.52. The van der Waals surface area contributed by atoms with Crippen molar-refractivity contribution < 1.29 is 9.18 Å². The van der Waals surface area contributed by atoms with Crippen molar-refractivity contribution in [3.8, 4) is 0 Å². The molecule has 1 heterocycles. The maximum absolute atomic E-state index is 13.5. The number of nitrogens with one attached hydrogen (secondary N) is 1. The third kappa shape index (κ3) is 1.16.